The van der Waals surface area contributed by atoms with Crippen molar-refractivity contribution in [3.8, 4) is 0 Å². The molecule has 0 aromatic rings. The normalized spacial score (nSPS) is 12.9. The van der Waals surface area contributed by atoms with Crippen molar-refractivity contribution < 1.29 is 9.90 Å². The lowest BCUT2D eigenvalue weighted by molar-refractivity contribution is -0.121. The van der Waals surface area contributed by atoms with Crippen molar-refractivity contribution in [2.75, 3.05) is 7.05 Å². The van der Waals surface area contributed by atoms with Gasteiger partial charge in [0.25, 0.3) is 0 Å². The van der Waals surface area contributed by atoms with Gasteiger partial charge in [-0.15, -0.1) is 0 Å². The van der Waals surface area contributed by atoms with Crippen LogP contribution in [0.4, 0.5) is 0 Å². The number of hydrogen-bond acceptors (Lipinski definition) is 2. The molecule has 0 heterocycles. The lowest BCUT2D eigenvalue weighted by Crippen LogP contribution is -2.19. The molecule has 0 aliphatic rings. The fourth-order valence-electron chi connectivity index (χ4n) is 1.41. The summed E-state index contributed by atoms with van der Waals surface area (Å²) in [5.74, 6) is -0.00228. The topological polar surface area (TPSA) is 49.3 Å². The van der Waals surface area contributed by atoms with E-state index in [2.05, 4.69) is 24.4 Å². The Bertz CT molecular complexity index is 202. The number of aliphatic hydroxyl groups excluding tert-OH is 1. The first-order valence-corrected chi connectivity index (χ1v) is 6.24. The summed E-state index contributed by atoms with van der Waals surface area (Å²) in [6.45, 7) is 2.18. The van der Waals surface area contributed by atoms with Crippen LogP contribution in [0.15, 0.2) is 12.2 Å². The van der Waals surface area contributed by atoms with E-state index in [-0.39, 0.29) is 12.0 Å². The highest BCUT2D eigenvalue weighted by Crippen LogP contribution is 2.06. The first-order valence-electron chi connectivity index (χ1n) is 6.24. The lowest BCUT2D eigenvalue weighted by atomic mass is 10.1. The minimum absolute atomic E-state index is 0.00228. The van der Waals surface area contributed by atoms with E-state index in [1.807, 2.05) is 0 Å². The van der Waals surface area contributed by atoms with Crippen LogP contribution in [-0.2, 0) is 4.79 Å². The number of allylic oxidation sites excluding steroid dienone is 2. The Labute approximate surface area is 98.9 Å². The Hall–Kier alpha value is -0.830. The first-order chi connectivity index (χ1) is 7.70. The summed E-state index contributed by atoms with van der Waals surface area (Å²) in [5.41, 5.74) is 0. The fourth-order valence-corrected chi connectivity index (χ4v) is 1.41. The summed E-state index contributed by atoms with van der Waals surface area (Å²) >= 11 is 0. The molecule has 0 aromatic heterocycles. The molecule has 1 amide bonds. The Balaban J connectivity index is 3.39. The van der Waals surface area contributed by atoms with Crippen LogP contribution in [0.2, 0.25) is 0 Å². The zero-order chi connectivity index (χ0) is 12.2. The lowest BCUT2D eigenvalue weighted by Gasteiger charge is -2.07. The fraction of sp³-hybridized carbons (Fsp3) is 0.769. The summed E-state index contributed by atoms with van der Waals surface area (Å²) in [6.07, 6.45) is 10.2. The number of carbonyl (C=O) groups is 1. The van der Waals surface area contributed by atoms with Crippen LogP contribution in [0.25, 0.3) is 0 Å². The van der Waals surface area contributed by atoms with Crippen LogP contribution in [0.3, 0.4) is 0 Å². The average molecular weight is 227 g/mol. The van der Waals surface area contributed by atoms with Gasteiger partial charge in [-0.2, -0.15) is 0 Å². The quantitative estimate of drug-likeness (QED) is 0.469. The zero-order valence-electron chi connectivity index (χ0n) is 10.5. The van der Waals surface area contributed by atoms with Gasteiger partial charge < -0.3 is 10.4 Å². The van der Waals surface area contributed by atoms with E-state index < -0.39 is 0 Å². The van der Waals surface area contributed by atoms with E-state index in [1.165, 1.54) is 12.8 Å². The molecule has 0 saturated carbocycles. The molecule has 0 bridgehead atoms. The second-order valence-electron chi connectivity index (χ2n) is 4.06. The number of aliphatic hydroxyl groups is 1. The second kappa shape index (κ2) is 10.7. The van der Waals surface area contributed by atoms with Gasteiger partial charge in [-0.1, -0.05) is 31.9 Å². The van der Waals surface area contributed by atoms with Crippen molar-refractivity contribution in [1.82, 2.24) is 5.32 Å². The van der Waals surface area contributed by atoms with Crippen molar-refractivity contribution in [3.05, 3.63) is 12.2 Å². The SMILES string of the molecule is CCCC/C=C\CCC(O)CCC(=O)NC. The summed E-state index contributed by atoms with van der Waals surface area (Å²) in [4.78, 5) is 10.9. The van der Waals surface area contributed by atoms with Crippen molar-refractivity contribution in [1.29, 1.82) is 0 Å². The molecule has 0 spiro atoms. The summed E-state index contributed by atoms with van der Waals surface area (Å²) in [6, 6.07) is 0. The second-order valence-corrected chi connectivity index (χ2v) is 4.06. The molecule has 94 valence electrons. The van der Waals surface area contributed by atoms with Gasteiger partial charge >= 0.3 is 0 Å². The summed E-state index contributed by atoms with van der Waals surface area (Å²) < 4.78 is 0. The third-order valence-corrected chi connectivity index (χ3v) is 2.54. The van der Waals surface area contributed by atoms with Gasteiger partial charge in [-0.3, -0.25) is 4.79 Å². The summed E-state index contributed by atoms with van der Waals surface area (Å²) in [7, 11) is 1.62. The largest absolute Gasteiger partial charge is 0.393 e. The average Bonchev–Trinajstić information content (AvgIpc) is 2.30. The predicted molar refractivity (Wildman–Crippen MR) is 67.2 cm³/mol. The number of hydrogen-bond donors (Lipinski definition) is 2. The molecule has 2 N–H and O–H groups in total. The van der Waals surface area contributed by atoms with Crippen LogP contribution >= 0.6 is 0 Å². The minimum atomic E-state index is -0.354. The zero-order valence-corrected chi connectivity index (χ0v) is 10.5. The van der Waals surface area contributed by atoms with Crippen LogP contribution < -0.4 is 5.32 Å². The number of rotatable bonds is 9. The van der Waals surface area contributed by atoms with E-state index >= 15 is 0 Å². The molecule has 0 saturated heterocycles. The maximum Gasteiger partial charge on any atom is 0.219 e. The van der Waals surface area contributed by atoms with Crippen molar-refractivity contribution in [2.24, 2.45) is 0 Å². The van der Waals surface area contributed by atoms with Crippen LogP contribution in [0.5, 0.6) is 0 Å². The van der Waals surface area contributed by atoms with Crippen LogP contribution in [0, 0.1) is 0 Å². The van der Waals surface area contributed by atoms with Gasteiger partial charge in [-0.05, 0) is 25.7 Å². The smallest absolute Gasteiger partial charge is 0.219 e. The van der Waals surface area contributed by atoms with Gasteiger partial charge in [0.1, 0.15) is 0 Å². The highest BCUT2D eigenvalue weighted by Gasteiger charge is 2.05. The van der Waals surface area contributed by atoms with E-state index in [9.17, 15) is 9.90 Å². The molecular formula is C13H25NO2. The number of carbonyl (C=O) groups excluding carboxylic acids is 1. The van der Waals surface area contributed by atoms with Crippen molar-refractivity contribution in [2.45, 2.75) is 58.0 Å². The van der Waals surface area contributed by atoms with E-state index in [4.69, 9.17) is 0 Å². The molecule has 1 unspecified atom stereocenters. The van der Waals surface area contributed by atoms with E-state index in [0.29, 0.717) is 12.8 Å². The monoisotopic (exact) mass is 227 g/mol. The molecule has 0 fully saturated rings. The van der Waals surface area contributed by atoms with Gasteiger partial charge in [0.2, 0.25) is 5.91 Å². The third kappa shape index (κ3) is 9.71. The summed E-state index contributed by atoms with van der Waals surface area (Å²) in [5, 5.41) is 12.1. The minimum Gasteiger partial charge on any atom is -0.393 e. The number of unbranched alkanes of at least 4 members (excludes halogenated alkanes) is 2. The highest BCUT2D eigenvalue weighted by molar-refractivity contribution is 5.75. The Morgan fingerprint density at radius 1 is 1.31 bits per heavy atom. The molecule has 0 aliphatic heterocycles. The molecule has 3 nitrogen and oxygen atoms in total. The molecule has 0 radical (unpaired) electrons. The molecule has 0 aromatic carbocycles. The molecule has 1 atom stereocenters. The molecule has 3 heteroatoms. The third-order valence-electron chi connectivity index (χ3n) is 2.54. The number of amides is 1. The van der Waals surface area contributed by atoms with Gasteiger partial charge in [0.05, 0.1) is 6.10 Å². The number of nitrogens with one attached hydrogen (secondary N) is 1. The van der Waals surface area contributed by atoms with Gasteiger partial charge in [0, 0.05) is 13.5 Å². The molecule has 0 aliphatic carbocycles. The van der Waals surface area contributed by atoms with Crippen molar-refractivity contribution in [3.63, 3.8) is 0 Å². The maximum absolute atomic E-state index is 10.9. The van der Waals surface area contributed by atoms with E-state index in [0.717, 1.165) is 19.3 Å². The maximum atomic E-state index is 10.9. The first kappa shape index (κ1) is 15.2. The Morgan fingerprint density at radius 3 is 2.62 bits per heavy atom. The Kier molecular flexibility index (Phi) is 10.1. The van der Waals surface area contributed by atoms with E-state index in [1.54, 1.807) is 7.05 Å². The standard InChI is InChI=1S/C13H25NO2/c1-3-4-5-6-7-8-9-12(15)10-11-13(16)14-2/h6-7,12,15H,3-5,8-11H2,1-2H3,(H,14,16)/b7-6-. The highest BCUT2D eigenvalue weighted by atomic mass is 16.3. The molecule has 16 heavy (non-hydrogen) atoms. The molecule has 0 rings (SSSR count). The van der Waals surface area contributed by atoms with Gasteiger partial charge in [0.15, 0.2) is 0 Å². The molecular weight excluding hydrogens is 202 g/mol. The predicted octanol–water partition coefficient (Wildman–Crippen LogP) is 2.40. The van der Waals surface area contributed by atoms with Crippen LogP contribution in [-0.4, -0.2) is 24.2 Å². The van der Waals surface area contributed by atoms with Crippen molar-refractivity contribution >= 4 is 5.91 Å². The van der Waals surface area contributed by atoms with Crippen LogP contribution in [0.1, 0.15) is 51.9 Å². The van der Waals surface area contributed by atoms with Gasteiger partial charge in [-0.25, -0.2) is 0 Å². The Morgan fingerprint density at radius 2 is 2.00 bits per heavy atom.